The number of rotatable bonds is 2. The Kier molecular flexibility index (Phi) is 3.14. The standard InChI is InChI=1S/C11H7Cl2N3/c12-9-2-1-7(5-10(9)13)11-15-6-8(16-11)3-4-14/h1-2,5-6H,3H2,(H,15,16). The molecule has 0 fully saturated rings. The molecule has 1 aromatic carbocycles. The fourth-order valence-corrected chi connectivity index (χ4v) is 1.62. The summed E-state index contributed by atoms with van der Waals surface area (Å²) in [6, 6.07) is 7.32. The van der Waals surface area contributed by atoms with Gasteiger partial charge in [-0.25, -0.2) is 4.98 Å². The summed E-state index contributed by atoms with van der Waals surface area (Å²) in [5.74, 6) is 0.684. The fraction of sp³-hybridized carbons (Fsp3) is 0.0909. The number of nitrogens with zero attached hydrogens (tertiary/aromatic N) is 2. The van der Waals surface area contributed by atoms with Gasteiger partial charge in [0.15, 0.2) is 0 Å². The van der Waals surface area contributed by atoms with E-state index in [0.717, 1.165) is 11.3 Å². The van der Waals surface area contributed by atoms with Gasteiger partial charge in [-0.15, -0.1) is 0 Å². The van der Waals surface area contributed by atoms with Crippen LogP contribution in [0.1, 0.15) is 5.69 Å². The first-order valence-electron chi connectivity index (χ1n) is 4.57. The number of hydrogen-bond acceptors (Lipinski definition) is 2. The van der Waals surface area contributed by atoms with E-state index in [9.17, 15) is 0 Å². The minimum atomic E-state index is 0.314. The maximum atomic E-state index is 8.54. The summed E-state index contributed by atoms with van der Waals surface area (Å²) >= 11 is 11.7. The van der Waals surface area contributed by atoms with Crippen molar-refractivity contribution in [1.82, 2.24) is 9.97 Å². The van der Waals surface area contributed by atoms with Crippen molar-refractivity contribution in [3.8, 4) is 17.5 Å². The van der Waals surface area contributed by atoms with Crippen molar-refractivity contribution < 1.29 is 0 Å². The molecule has 16 heavy (non-hydrogen) atoms. The zero-order valence-corrected chi connectivity index (χ0v) is 9.68. The number of halogens is 2. The molecule has 80 valence electrons. The minimum absolute atomic E-state index is 0.314. The van der Waals surface area contributed by atoms with Crippen LogP contribution in [-0.4, -0.2) is 9.97 Å². The molecule has 0 unspecified atom stereocenters. The van der Waals surface area contributed by atoms with Crippen molar-refractivity contribution in [2.75, 3.05) is 0 Å². The van der Waals surface area contributed by atoms with Crippen molar-refractivity contribution in [3.05, 3.63) is 40.1 Å². The molecule has 0 aliphatic heterocycles. The van der Waals surface area contributed by atoms with E-state index in [2.05, 4.69) is 16.0 Å². The van der Waals surface area contributed by atoms with Crippen molar-refractivity contribution in [2.24, 2.45) is 0 Å². The molecular weight excluding hydrogens is 245 g/mol. The van der Waals surface area contributed by atoms with Crippen LogP contribution in [0.3, 0.4) is 0 Å². The fourth-order valence-electron chi connectivity index (χ4n) is 1.32. The van der Waals surface area contributed by atoms with Crippen LogP contribution >= 0.6 is 23.2 Å². The summed E-state index contributed by atoms with van der Waals surface area (Å²) < 4.78 is 0. The largest absolute Gasteiger partial charge is 0.341 e. The molecule has 0 radical (unpaired) electrons. The van der Waals surface area contributed by atoms with Crippen LogP contribution in [0.4, 0.5) is 0 Å². The zero-order chi connectivity index (χ0) is 11.5. The molecule has 0 saturated carbocycles. The number of imidazole rings is 1. The van der Waals surface area contributed by atoms with Crippen LogP contribution in [0.15, 0.2) is 24.4 Å². The third-order valence-electron chi connectivity index (χ3n) is 2.09. The van der Waals surface area contributed by atoms with Gasteiger partial charge >= 0.3 is 0 Å². The Morgan fingerprint density at radius 3 is 2.81 bits per heavy atom. The average Bonchev–Trinajstić information content (AvgIpc) is 2.71. The molecular formula is C11H7Cl2N3. The monoisotopic (exact) mass is 251 g/mol. The van der Waals surface area contributed by atoms with Crippen LogP contribution < -0.4 is 0 Å². The molecule has 1 heterocycles. The predicted octanol–water partition coefficient (Wildman–Crippen LogP) is 3.45. The summed E-state index contributed by atoms with van der Waals surface area (Å²) in [5.41, 5.74) is 1.63. The number of aromatic amines is 1. The van der Waals surface area contributed by atoms with Crippen LogP contribution in [0.5, 0.6) is 0 Å². The van der Waals surface area contributed by atoms with Gasteiger partial charge in [-0.3, -0.25) is 0 Å². The zero-order valence-electron chi connectivity index (χ0n) is 8.17. The quantitative estimate of drug-likeness (QED) is 0.889. The van der Waals surface area contributed by atoms with Crippen molar-refractivity contribution >= 4 is 23.2 Å². The topological polar surface area (TPSA) is 52.5 Å². The van der Waals surface area contributed by atoms with Crippen molar-refractivity contribution in [2.45, 2.75) is 6.42 Å². The Morgan fingerprint density at radius 2 is 2.12 bits per heavy atom. The number of benzene rings is 1. The van der Waals surface area contributed by atoms with Gasteiger partial charge in [0, 0.05) is 17.5 Å². The number of hydrogen-bond donors (Lipinski definition) is 1. The average molecular weight is 252 g/mol. The van der Waals surface area contributed by atoms with Crippen molar-refractivity contribution in [3.63, 3.8) is 0 Å². The highest BCUT2D eigenvalue weighted by Crippen LogP contribution is 2.26. The minimum Gasteiger partial charge on any atom is -0.341 e. The second-order valence-electron chi connectivity index (χ2n) is 3.22. The third kappa shape index (κ3) is 2.19. The number of H-pyrrole nitrogens is 1. The lowest BCUT2D eigenvalue weighted by Crippen LogP contribution is -1.83. The molecule has 2 rings (SSSR count). The first kappa shape index (κ1) is 11.0. The second-order valence-corrected chi connectivity index (χ2v) is 4.04. The van der Waals surface area contributed by atoms with E-state index >= 15 is 0 Å². The summed E-state index contributed by atoms with van der Waals surface area (Å²) in [6.07, 6.45) is 1.95. The van der Waals surface area contributed by atoms with E-state index in [1.807, 2.05) is 6.07 Å². The molecule has 3 nitrogen and oxygen atoms in total. The molecule has 5 heteroatoms. The van der Waals surface area contributed by atoms with Gasteiger partial charge in [0.25, 0.3) is 0 Å². The second kappa shape index (κ2) is 4.56. The Bertz CT molecular complexity index is 555. The van der Waals surface area contributed by atoms with Crippen LogP contribution in [0, 0.1) is 11.3 Å². The van der Waals surface area contributed by atoms with E-state index in [0.29, 0.717) is 22.3 Å². The SMILES string of the molecule is N#CCc1cnc(-c2ccc(Cl)c(Cl)c2)[nH]1. The van der Waals surface area contributed by atoms with Gasteiger partial charge in [0.05, 0.1) is 22.5 Å². The molecule has 0 saturated heterocycles. The highest BCUT2D eigenvalue weighted by molar-refractivity contribution is 6.42. The first-order valence-corrected chi connectivity index (χ1v) is 5.32. The number of nitrogens with one attached hydrogen (secondary N) is 1. The van der Waals surface area contributed by atoms with Gasteiger partial charge in [-0.2, -0.15) is 5.26 Å². The van der Waals surface area contributed by atoms with E-state index in [1.54, 1.807) is 18.3 Å². The molecule has 1 aromatic heterocycles. The molecule has 0 aliphatic carbocycles. The van der Waals surface area contributed by atoms with Crippen LogP contribution in [0.25, 0.3) is 11.4 Å². The van der Waals surface area contributed by atoms with E-state index < -0.39 is 0 Å². The Balaban J connectivity index is 2.36. The van der Waals surface area contributed by atoms with Crippen LogP contribution in [0.2, 0.25) is 10.0 Å². The lowest BCUT2D eigenvalue weighted by Gasteiger charge is -1.99. The molecule has 0 atom stereocenters. The molecule has 0 amide bonds. The van der Waals surface area contributed by atoms with Gasteiger partial charge < -0.3 is 4.98 Å². The number of nitriles is 1. The highest BCUT2D eigenvalue weighted by Gasteiger charge is 2.05. The summed E-state index contributed by atoms with van der Waals surface area (Å²) in [7, 11) is 0. The Hall–Kier alpha value is -1.50. The molecule has 1 N–H and O–H groups in total. The van der Waals surface area contributed by atoms with E-state index in [-0.39, 0.29) is 0 Å². The molecule has 0 aliphatic rings. The maximum Gasteiger partial charge on any atom is 0.137 e. The summed E-state index contributed by atoms with van der Waals surface area (Å²) in [4.78, 5) is 7.21. The summed E-state index contributed by atoms with van der Waals surface area (Å²) in [6.45, 7) is 0. The molecule has 0 bridgehead atoms. The van der Waals surface area contributed by atoms with Gasteiger partial charge in [0.1, 0.15) is 5.82 Å². The van der Waals surface area contributed by atoms with Gasteiger partial charge in [-0.1, -0.05) is 23.2 Å². The lowest BCUT2D eigenvalue weighted by molar-refractivity contribution is 1.16. The molecule has 2 aromatic rings. The third-order valence-corrected chi connectivity index (χ3v) is 2.83. The van der Waals surface area contributed by atoms with Crippen LogP contribution in [-0.2, 0) is 6.42 Å². The Morgan fingerprint density at radius 1 is 1.31 bits per heavy atom. The number of aromatic nitrogens is 2. The Labute approximate surface area is 103 Å². The maximum absolute atomic E-state index is 8.54. The molecule has 0 spiro atoms. The predicted molar refractivity (Wildman–Crippen MR) is 63.4 cm³/mol. The van der Waals surface area contributed by atoms with E-state index in [1.165, 1.54) is 0 Å². The van der Waals surface area contributed by atoms with E-state index in [4.69, 9.17) is 28.5 Å². The normalized spacial score (nSPS) is 10.1. The van der Waals surface area contributed by atoms with Gasteiger partial charge in [-0.05, 0) is 18.2 Å². The highest BCUT2D eigenvalue weighted by atomic mass is 35.5. The summed E-state index contributed by atoms with van der Waals surface area (Å²) in [5, 5.41) is 9.54. The van der Waals surface area contributed by atoms with Crippen molar-refractivity contribution in [1.29, 1.82) is 5.26 Å². The van der Waals surface area contributed by atoms with Gasteiger partial charge in [0.2, 0.25) is 0 Å². The smallest absolute Gasteiger partial charge is 0.137 e. The lowest BCUT2D eigenvalue weighted by atomic mass is 10.2. The first-order chi connectivity index (χ1) is 7.70.